The summed E-state index contributed by atoms with van der Waals surface area (Å²) in [5, 5.41) is 1.06. The highest BCUT2D eigenvalue weighted by molar-refractivity contribution is 7.89. The van der Waals surface area contributed by atoms with Crippen molar-refractivity contribution >= 4 is 32.5 Å². The predicted molar refractivity (Wildman–Crippen MR) is 128 cm³/mol. The van der Waals surface area contributed by atoms with Crippen LogP contribution < -0.4 is 4.74 Å². The second-order valence-corrected chi connectivity index (χ2v) is 9.69. The number of fused-ring (bicyclic) bond motifs is 1. The van der Waals surface area contributed by atoms with Crippen molar-refractivity contribution in [1.29, 1.82) is 0 Å². The van der Waals surface area contributed by atoms with Crippen molar-refractivity contribution in [3.63, 3.8) is 0 Å². The van der Waals surface area contributed by atoms with Gasteiger partial charge in [-0.05, 0) is 42.3 Å². The standard InChI is InChI=1S/C24H28N4O4S/c1-4-28(5-2)33(30,31)22-15-18(8-9-21(22)32-3)24(29)27-13-10-17(11-14-27)20-16-26-23-19(20)7-6-12-25-23/h6-10,12,15-16H,4-5,11,13-14H2,1-3H3,(H,25,26). The number of H-pyrrole nitrogens is 1. The third kappa shape index (κ3) is 4.26. The van der Waals surface area contributed by atoms with Crippen molar-refractivity contribution in [2.45, 2.75) is 25.2 Å². The number of aromatic amines is 1. The lowest BCUT2D eigenvalue weighted by Gasteiger charge is -2.27. The van der Waals surface area contributed by atoms with Gasteiger partial charge < -0.3 is 14.6 Å². The SMILES string of the molecule is CCN(CC)S(=O)(=O)c1cc(C(=O)N2CC=C(c3c[nH]c4ncccc34)CC2)ccc1OC. The van der Waals surface area contributed by atoms with Gasteiger partial charge in [-0.15, -0.1) is 0 Å². The van der Waals surface area contributed by atoms with Crippen molar-refractivity contribution in [2.75, 3.05) is 33.3 Å². The van der Waals surface area contributed by atoms with Crippen molar-refractivity contribution in [3.05, 3.63) is 59.9 Å². The van der Waals surface area contributed by atoms with Crippen molar-refractivity contribution in [2.24, 2.45) is 0 Å². The highest BCUT2D eigenvalue weighted by Gasteiger charge is 2.28. The van der Waals surface area contributed by atoms with Crippen LogP contribution in [-0.4, -0.2) is 66.8 Å². The van der Waals surface area contributed by atoms with E-state index in [-0.39, 0.29) is 16.6 Å². The molecule has 0 bridgehead atoms. The van der Waals surface area contributed by atoms with Crippen LogP contribution in [-0.2, 0) is 10.0 Å². The van der Waals surface area contributed by atoms with Gasteiger partial charge in [-0.3, -0.25) is 4.79 Å². The first-order chi connectivity index (χ1) is 15.9. The monoisotopic (exact) mass is 468 g/mol. The number of rotatable bonds is 7. The third-order valence-corrected chi connectivity index (χ3v) is 8.10. The summed E-state index contributed by atoms with van der Waals surface area (Å²) in [5.74, 6) is 0.0248. The fraction of sp³-hybridized carbons (Fsp3) is 0.333. The van der Waals surface area contributed by atoms with Gasteiger partial charge in [0, 0.05) is 55.1 Å². The number of pyridine rings is 1. The molecule has 2 aromatic heterocycles. The molecule has 0 aliphatic carbocycles. The van der Waals surface area contributed by atoms with Gasteiger partial charge in [0.15, 0.2) is 0 Å². The summed E-state index contributed by atoms with van der Waals surface area (Å²) in [6.07, 6.45) is 6.46. The molecule has 4 rings (SSSR count). The maximum absolute atomic E-state index is 13.2. The summed E-state index contributed by atoms with van der Waals surface area (Å²) in [6.45, 7) is 5.23. The number of methoxy groups -OCH3 is 1. The van der Waals surface area contributed by atoms with Crippen molar-refractivity contribution in [1.82, 2.24) is 19.2 Å². The number of aromatic nitrogens is 2. The van der Waals surface area contributed by atoms with Gasteiger partial charge in [-0.2, -0.15) is 4.31 Å². The molecule has 0 saturated carbocycles. The molecule has 9 heteroatoms. The van der Waals surface area contributed by atoms with Gasteiger partial charge in [0.2, 0.25) is 10.0 Å². The highest BCUT2D eigenvalue weighted by Crippen LogP contribution is 2.31. The van der Waals surface area contributed by atoms with Gasteiger partial charge in [0.1, 0.15) is 16.3 Å². The van der Waals surface area contributed by atoms with E-state index >= 15 is 0 Å². The molecule has 1 aliphatic heterocycles. The van der Waals surface area contributed by atoms with Crippen LogP contribution in [0.1, 0.15) is 36.2 Å². The van der Waals surface area contributed by atoms with Gasteiger partial charge in [-0.25, -0.2) is 13.4 Å². The number of carbonyl (C=O) groups excluding carboxylic acids is 1. The summed E-state index contributed by atoms with van der Waals surface area (Å²) in [4.78, 5) is 22.5. The van der Waals surface area contributed by atoms with Gasteiger partial charge >= 0.3 is 0 Å². The zero-order valence-electron chi connectivity index (χ0n) is 19.0. The Morgan fingerprint density at radius 2 is 2.03 bits per heavy atom. The molecule has 3 aromatic rings. The number of nitrogens with zero attached hydrogens (tertiary/aromatic N) is 3. The molecule has 1 N–H and O–H groups in total. The van der Waals surface area contributed by atoms with E-state index in [1.54, 1.807) is 37.1 Å². The average molecular weight is 469 g/mol. The van der Waals surface area contributed by atoms with E-state index in [0.717, 1.165) is 22.2 Å². The van der Waals surface area contributed by atoms with E-state index in [9.17, 15) is 13.2 Å². The Kier molecular flexibility index (Phi) is 6.53. The van der Waals surface area contributed by atoms with Gasteiger partial charge in [-0.1, -0.05) is 19.9 Å². The minimum absolute atomic E-state index is 0.0130. The van der Waals surface area contributed by atoms with Crippen LogP contribution in [0.25, 0.3) is 16.6 Å². The smallest absolute Gasteiger partial charge is 0.254 e. The molecular formula is C24H28N4O4S. The summed E-state index contributed by atoms with van der Waals surface area (Å²) < 4.78 is 32.9. The number of hydrogen-bond acceptors (Lipinski definition) is 5. The Bertz CT molecular complexity index is 1310. The lowest BCUT2D eigenvalue weighted by atomic mass is 9.99. The van der Waals surface area contributed by atoms with Crippen LogP contribution >= 0.6 is 0 Å². The summed E-state index contributed by atoms with van der Waals surface area (Å²) in [6, 6.07) is 8.54. The van der Waals surface area contributed by atoms with E-state index in [1.165, 1.54) is 17.5 Å². The molecular weight excluding hydrogens is 440 g/mol. The van der Waals surface area contributed by atoms with Crippen LogP contribution in [0.3, 0.4) is 0 Å². The van der Waals surface area contributed by atoms with E-state index in [2.05, 4.69) is 9.97 Å². The van der Waals surface area contributed by atoms with E-state index in [4.69, 9.17) is 4.74 Å². The minimum Gasteiger partial charge on any atom is -0.495 e. The molecule has 33 heavy (non-hydrogen) atoms. The Balaban J connectivity index is 1.59. The number of benzene rings is 1. The summed E-state index contributed by atoms with van der Waals surface area (Å²) in [7, 11) is -2.35. The molecule has 8 nitrogen and oxygen atoms in total. The fourth-order valence-electron chi connectivity index (χ4n) is 4.22. The Morgan fingerprint density at radius 1 is 1.24 bits per heavy atom. The number of carbonyl (C=O) groups is 1. The average Bonchev–Trinajstić information content (AvgIpc) is 3.28. The number of nitrogens with one attached hydrogen (secondary N) is 1. The van der Waals surface area contributed by atoms with Crippen LogP contribution in [0.4, 0.5) is 0 Å². The molecule has 3 heterocycles. The normalized spacial score (nSPS) is 14.5. The lowest BCUT2D eigenvalue weighted by Crippen LogP contribution is -2.35. The summed E-state index contributed by atoms with van der Waals surface area (Å²) >= 11 is 0. The molecule has 1 aromatic carbocycles. The predicted octanol–water partition coefficient (Wildman–Crippen LogP) is 3.53. The molecule has 174 valence electrons. The first kappa shape index (κ1) is 23.0. The van der Waals surface area contributed by atoms with Crippen LogP contribution in [0, 0.1) is 0 Å². The quantitative estimate of drug-likeness (QED) is 0.572. The molecule has 1 aliphatic rings. The minimum atomic E-state index is -3.77. The topological polar surface area (TPSA) is 95.6 Å². The van der Waals surface area contributed by atoms with Crippen molar-refractivity contribution < 1.29 is 17.9 Å². The third-order valence-electron chi connectivity index (χ3n) is 6.03. The van der Waals surface area contributed by atoms with Crippen LogP contribution in [0.2, 0.25) is 0 Å². The second kappa shape index (κ2) is 9.36. The van der Waals surface area contributed by atoms with Crippen molar-refractivity contribution in [3.8, 4) is 5.75 Å². The maximum atomic E-state index is 13.2. The van der Waals surface area contributed by atoms with E-state index in [0.29, 0.717) is 38.2 Å². The largest absolute Gasteiger partial charge is 0.495 e. The van der Waals surface area contributed by atoms with Gasteiger partial charge in [0.05, 0.1) is 7.11 Å². The Morgan fingerprint density at radius 3 is 2.70 bits per heavy atom. The molecule has 0 unspecified atom stereocenters. The number of amides is 1. The van der Waals surface area contributed by atoms with Crippen LogP contribution in [0.15, 0.2) is 53.7 Å². The van der Waals surface area contributed by atoms with E-state index < -0.39 is 10.0 Å². The molecule has 0 spiro atoms. The molecule has 0 atom stereocenters. The molecule has 1 amide bonds. The van der Waals surface area contributed by atoms with Gasteiger partial charge in [0.25, 0.3) is 5.91 Å². The first-order valence-corrected chi connectivity index (χ1v) is 12.4. The molecule has 0 saturated heterocycles. The highest BCUT2D eigenvalue weighted by atomic mass is 32.2. The Hall–Kier alpha value is -3.17. The van der Waals surface area contributed by atoms with Crippen LogP contribution in [0.5, 0.6) is 5.75 Å². The van der Waals surface area contributed by atoms with E-state index in [1.807, 2.05) is 24.4 Å². The molecule has 0 fully saturated rings. The maximum Gasteiger partial charge on any atom is 0.254 e. The lowest BCUT2D eigenvalue weighted by molar-refractivity contribution is 0.0772. The Labute approximate surface area is 193 Å². The number of ether oxygens (including phenoxy) is 1. The second-order valence-electron chi connectivity index (χ2n) is 7.79. The number of sulfonamides is 1. The zero-order valence-corrected chi connectivity index (χ0v) is 19.9. The fourth-order valence-corrected chi connectivity index (χ4v) is 5.86. The number of hydrogen-bond donors (Lipinski definition) is 1. The molecule has 0 radical (unpaired) electrons. The summed E-state index contributed by atoms with van der Waals surface area (Å²) in [5.41, 5.74) is 3.43. The zero-order chi connectivity index (χ0) is 23.6. The first-order valence-electron chi connectivity index (χ1n) is 11.0.